The Morgan fingerprint density at radius 2 is 1.53 bits per heavy atom. The Bertz CT molecular complexity index is 1650. The van der Waals surface area contributed by atoms with Crippen LogP contribution in [0.25, 0.3) is 27.2 Å². The second kappa shape index (κ2) is 7.94. The SMILES string of the molecule is O=c1[nH]c(=O)n(-c2cccc3ccccc23)c(O)c1C=Nc1ccc(Br)c2ccccc12. The molecule has 32 heavy (non-hydrogen) atoms. The van der Waals surface area contributed by atoms with Gasteiger partial charge in [-0.3, -0.25) is 14.8 Å². The van der Waals surface area contributed by atoms with E-state index in [-0.39, 0.29) is 5.56 Å². The van der Waals surface area contributed by atoms with Crippen LogP contribution >= 0.6 is 15.9 Å². The van der Waals surface area contributed by atoms with Gasteiger partial charge >= 0.3 is 5.69 Å². The van der Waals surface area contributed by atoms with E-state index in [2.05, 4.69) is 25.9 Å². The number of rotatable bonds is 3. The molecule has 1 heterocycles. The van der Waals surface area contributed by atoms with Crippen molar-refractivity contribution in [1.82, 2.24) is 9.55 Å². The van der Waals surface area contributed by atoms with E-state index < -0.39 is 17.1 Å². The topological polar surface area (TPSA) is 87.5 Å². The Kier molecular flexibility index (Phi) is 4.95. The minimum Gasteiger partial charge on any atom is -0.493 e. The fourth-order valence-electron chi connectivity index (χ4n) is 3.77. The van der Waals surface area contributed by atoms with E-state index in [1.165, 1.54) is 6.21 Å². The lowest BCUT2D eigenvalue weighted by molar-refractivity contribution is 0.430. The van der Waals surface area contributed by atoms with Crippen LogP contribution in [0.3, 0.4) is 0 Å². The lowest BCUT2D eigenvalue weighted by Gasteiger charge is -2.12. The average Bonchev–Trinajstić information content (AvgIpc) is 2.80. The third kappa shape index (κ3) is 3.33. The molecule has 0 aliphatic rings. The third-order valence-corrected chi connectivity index (χ3v) is 6.00. The molecule has 0 saturated carbocycles. The molecule has 0 aliphatic carbocycles. The molecule has 1 aromatic heterocycles. The Morgan fingerprint density at radius 1 is 0.844 bits per heavy atom. The van der Waals surface area contributed by atoms with E-state index in [1.807, 2.05) is 66.7 Å². The van der Waals surface area contributed by atoms with Gasteiger partial charge in [0, 0.05) is 21.5 Å². The van der Waals surface area contributed by atoms with Crippen molar-refractivity contribution in [3.63, 3.8) is 0 Å². The van der Waals surface area contributed by atoms with Crippen LogP contribution in [0.1, 0.15) is 5.56 Å². The van der Waals surface area contributed by atoms with Gasteiger partial charge in [-0.15, -0.1) is 0 Å². The molecule has 2 N–H and O–H groups in total. The van der Waals surface area contributed by atoms with Crippen molar-refractivity contribution in [2.75, 3.05) is 0 Å². The molecule has 156 valence electrons. The fourth-order valence-corrected chi connectivity index (χ4v) is 4.25. The first-order chi connectivity index (χ1) is 15.5. The molecule has 0 aliphatic heterocycles. The van der Waals surface area contributed by atoms with Crippen molar-refractivity contribution in [3.05, 3.63) is 110 Å². The van der Waals surface area contributed by atoms with Crippen molar-refractivity contribution in [2.45, 2.75) is 0 Å². The zero-order valence-corrected chi connectivity index (χ0v) is 18.2. The summed E-state index contributed by atoms with van der Waals surface area (Å²) in [4.78, 5) is 31.9. The van der Waals surface area contributed by atoms with Crippen LogP contribution in [-0.2, 0) is 0 Å². The van der Waals surface area contributed by atoms with E-state index in [0.29, 0.717) is 11.4 Å². The van der Waals surface area contributed by atoms with E-state index >= 15 is 0 Å². The monoisotopic (exact) mass is 485 g/mol. The number of hydrogen-bond acceptors (Lipinski definition) is 4. The number of aromatic hydroxyl groups is 1. The van der Waals surface area contributed by atoms with Gasteiger partial charge in [0.25, 0.3) is 5.56 Å². The first-order valence-corrected chi connectivity index (χ1v) is 10.6. The maximum Gasteiger partial charge on any atom is 0.335 e. The molecule has 6 nitrogen and oxygen atoms in total. The first-order valence-electron chi connectivity index (χ1n) is 9.82. The fraction of sp³-hybridized carbons (Fsp3) is 0. The van der Waals surface area contributed by atoms with Crippen LogP contribution in [0.4, 0.5) is 5.69 Å². The molecule has 5 aromatic rings. The summed E-state index contributed by atoms with van der Waals surface area (Å²) in [5, 5.41) is 14.5. The molecule has 0 spiro atoms. The highest BCUT2D eigenvalue weighted by molar-refractivity contribution is 9.10. The summed E-state index contributed by atoms with van der Waals surface area (Å²) in [5.41, 5.74) is -0.454. The number of nitrogens with one attached hydrogen (secondary N) is 1. The second-order valence-corrected chi connectivity index (χ2v) is 8.05. The van der Waals surface area contributed by atoms with Crippen molar-refractivity contribution in [1.29, 1.82) is 0 Å². The number of benzene rings is 4. The number of aromatic amines is 1. The summed E-state index contributed by atoms with van der Waals surface area (Å²) in [6, 6.07) is 24.3. The molecule has 0 atom stereocenters. The summed E-state index contributed by atoms with van der Waals surface area (Å²) in [6.07, 6.45) is 1.28. The van der Waals surface area contributed by atoms with Crippen molar-refractivity contribution in [2.24, 2.45) is 4.99 Å². The van der Waals surface area contributed by atoms with E-state index in [0.717, 1.165) is 30.6 Å². The molecule has 4 aromatic carbocycles. The van der Waals surface area contributed by atoms with E-state index in [1.54, 1.807) is 12.1 Å². The van der Waals surface area contributed by atoms with Gasteiger partial charge in [0.2, 0.25) is 5.88 Å². The minimum atomic E-state index is -0.727. The molecule has 7 heteroatoms. The number of fused-ring (bicyclic) bond motifs is 2. The van der Waals surface area contributed by atoms with Gasteiger partial charge in [0.05, 0.1) is 11.4 Å². The number of halogens is 1. The van der Waals surface area contributed by atoms with Gasteiger partial charge in [-0.2, -0.15) is 0 Å². The van der Waals surface area contributed by atoms with Crippen LogP contribution in [0, 0.1) is 0 Å². The van der Waals surface area contributed by atoms with Crippen molar-refractivity contribution in [3.8, 4) is 11.6 Å². The zero-order valence-electron chi connectivity index (χ0n) is 16.6. The molecule has 0 unspecified atom stereocenters. The molecule has 0 bridgehead atoms. The normalized spacial score (nSPS) is 11.5. The summed E-state index contributed by atoms with van der Waals surface area (Å²) in [5.74, 6) is -0.472. The second-order valence-electron chi connectivity index (χ2n) is 7.20. The van der Waals surface area contributed by atoms with Crippen LogP contribution in [0.15, 0.2) is 97.9 Å². The van der Waals surface area contributed by atoms with Crippen LogP contribution in [0.5, 0.6) is 5.88 Å². The molecule has 0 amide bonds. The first kappa shape index (κ1) is 20.0. The molecule has 0 saturated heterocycles. The van der Waals surface area contributed by atoms with Crippen LogP contribution in [-0.4, -0.2) is 20.9 Å². The summed E-state index contributed by atoms with van der Waals surface area (Å²) in [6.45, 7) is 0. The number of H-pyrrole nitrogens is 1. The largest absolute Gasteiger partial charge is 0.493 e. The highest BCUT2D eigenvalue weighted by Crippen LogP contribution is 2.32. The van der Waals surface area contributed by atoms with Gasteiger partial charge in [0.1, 0.15) is 5.56 Å². The molecular formula is C25H16BrN3O3. The van der Waals surface area contributed by atoms with E-state index in [4.69, 9.17) is 0 Å². The number of nitrogens with zero attached hydrogens (tertiary/aromatic N) is 2. The Balaban J connectivity index is 1.70. The third-order valence-electron chi connectivity index (χ3n) is 5.31. The quantitative estimate of drug-likeness (QED) is 0.350. The average molecular weight is 486 g/mol. The lowest BCUT2D eigenvalue weighted by atomic mass is 10.1. The molecule has 0 fully saturated rings. The standard InChI is InChI=1S/C25H16BrN3O3/c26-20-12-13-21(18-10-4-3-9-17(18)20)27-14-19-23(30)28-25(32)29(24(19)31)22-11-5-7-15-6-1-2-8-16(15)22/h1-14,31H,(H,28,30,32). The Morgan fingerprint density at radius 3 is 2.34 bits per heavy atom. The van der Waals surface area contributed by atoms with Gasteiger partial charge in [0.15, 0.2) is 0 Å². The predicted octanol–water partition coefficient (Wildman–Crippen LogP) is 5.05. The highest BCUT2D eigenvalue weighted by atomic mass is 79.9. The molecule has 5 rings (SSSR count). The number of aromatic nitrogens is 2. The molecular weight excluding hydrogens is 470 g/mol. The van der Waals surface area contributed by atoms with Gasteiger partial charge in [-0.25, -0.2) is 9.36 Å². The number of hydrogen-bond donors (Lipinski definition) is 2. The number of aliphatic imine (C=N–C) groups is 1. The summed E-state index contributed by atoms with van der Waals surface area (Å²) in [7, 11) is 0. The van der Waals surface area contributed by atoms with Gasteiger partial charge in [-0.1, -0.05) is 76.6 Å². The van der Waals surface area contributed by atoms with Crippen molar-refractivity contribution >= 4 is 49.4 Å². The summed E-state index contributed by atoms with van der Waals surface area (Å²) >= 11 is 3.53. The van der Waals surface area contributed by atoms with Gasteiger partial charge < -0.3 is 5.11 Å². The Labute approximate surface area is 190 Å². The van der Waals surface area contributed by atoms with Crippen LogP contribution in [0.2, 0.25) is 0 Å². The maximum atomic E-state index is 12.6. The Hall–Kier alpha value is -3.97. The highest BCUT2D eigenvalue weighted by Gasteiger charge is 2.16. The summed E-state index contributed by atoms with van der Waals surface area (Å²) < 4.78 is 2.02. The minimum absolute atomic E-state index is 0.107. The lowest BCUT2D eigenvalue weighted by Crippen LogP contribution is -2.31. The van der Waals surface area contributed by atoms with Gasteiger partial charge in [-0.05, 0) is 29.0 Å². The molecule has 0 radical (unpaired) electrons. The van der Waals surface area contributed by atoms with Crippen molar-refractivity contribution < 1.29 is 5.11 Å². The maximum absolute atomic E-state index is 12.6. The van der Waals surface area contributed by atoms with Crippen LogP contribution < -0.4 is 11.2 Å². The van der Waals surface area contributed by atoms with E-state index in [9.17, 15) is 14.7 Å². The zero-order chi connectivity index (χ0) is 22.2. The predicted molar refractivity (Wildman–Crippen MR) is 131 cm³/mol. The smallest absolute Gasteiger partial charge is 0.335 e.